The summed E-state index contributed by atoms with van der Waals surface area (Å²) >= 11 is 0. The van der Waals surface area contributed by atoms with Gasteiger partial charge in [-0.15, -0.1) is 0 Å². The van der Waals surface area contributed by atoms with Crippen molar-refractivity contribution < 1.29 is 9.53 Å². The molecule has 1 aliphatic heterocycles. The fourth-order valence-corrected chi connectivity index (χ4v) is 4.38. The predicted octanol–water partition coefficient (Wildman–Crippen LogP) is 4.29. The molecule has 1 aliphatic rings. The van der Waals surface area contributed by atoms with Crippen LogP contribution in [0.5, 0.6) is 5.75 Å². The molecule has 6 nitrogen and oxygen atoms in total. The molecule has 0 fully saturated rings. The molecule has 0 saturated heterocycles. The summed E-state index contributed by atoms with van der Waals surface area (Å²) in [5, 5.41) is 4.22. The van der Waals surface area contributed by atoms with Gasteiger partial charge in [0.25, 0.3) is 0 Å². The molecule has 0 aliphatic carbocycles. The molecule has 1 unspecified atom stereocenters. The van der Waals surface area contributed by atoms with Crippen LogP contribution in [-0.4, -0.2) is 33.5 Å². The molecular formula is C26H26N4O2. The van der Waals surface area contributed by atoms with Crippen molar-refractivity contribution in [3.63, 3.8) is 0 Å². The standard InChI is InChI=1S/C26H26N4O2/c1-16-12-17(2)30-26(29-16)22-8-5-6-18-13-20(32-25(18)22)15-28-24(31)11-10-19-14-27-23-9-4-3-7-21(19)23/h3-9,12,14,20,27H,10-11,13,15H2,1-2H3,(H,28,31). The minimum atomic E-state index is -0.0888. The second-order valence-electron chi connectivity index (χ2n) is 8.38. The van der Waals surface area contributed by atoms with Crippen molar-refractivity contribution in [1.29, 1.82) is 0 Å². The van der Waals surface area contributed by atoms with Gasteiger partial charge in [-0.1, -0.05) is 30.3 Å². The summed E-state index contributed by atoms with van der Waals surface area (Å²) in [5.41, 5.74) is 6.16. The normalized spacial score (nSPS) is 14.9. The minimum Gasteiger partial charge on any atom is -0.487 e. The number of carbonyl (C=O) groups is 1. The smallest absolute Gasteiger partial charge is 0.220 e. The first-order valence-corrected chi connectivity index (χ1v) is 11.0. The fraction of sp³-hybridized carbons (Fsp3) is 0.269. The molecule has 0 bridgehead atoms. The first-order valence-electron chi connectivity index (χ1n) is 11.0. The van der Waals surface area contributed by atoms with Gasteiger partial charge in [-0.05, 0) is 49.6 Å². The van der Waals surface area contributed by atoms with E-state index in [1.807, 2.05) is 56.4 Å². The molecule has 32 heavy (non-hydrogen) atoms. The van der Waals surface area contributed by atoms with E-state index in [1.54, 1.807) is 0 Å². The number of aromatic nitrogens is 3. The summed E-state index contributed by atoms with van der Waals surface area (Å²) in [6, 6.07) is 16.2. The molecule has 162 valence electrons. The summed E-state index contributed by atoms with van der Waals surface area (Å²) in [6.07, 6.45) is 3.81. The van der Waals surface area contributed by atoms with Gasteiger partial charge in [-0.2, -0.15) is 0 Å². The molecule has 2 N–H and O–H groups in total. The number of aryl methyl sites for hydroxylation is 3. The number of nitrogens with zero attached hydrogens (tertiary/aromatic N) is 2. The Morgan fingerprint density at radius 2 is 1.94 bits per heavy atom. The highest BCUT2D eigenvalue weighted by atomic mass is 16.5. The number of H-pyrrole nitrogens is 1. The van der Waals surface area contributed by atoms with Crippen LogP contribution in [0.1, 0.15) is 28.9 Å². The van der Waals surface area contributed by atoms with Crippen LogP contribution in [0.2, 0.25) is 0 Å². The van der Waals surface area contributed by atoms with Crippen LogP contribution < -0.4 is 10.1 Å². The second kappa shape index (κ2) is 8.46. The van der Waals surface area contributed by atoms with Gasteiger partial charge >= 0.3 is 0 Å². The highest BCUT2D eigenvalue weighted by Crippen LogP contribution is 2.37. The number of fused-ring (bicyclic) bond motifs is 2. The summed E-state index contributed by atoms with van der Waals surface area (Å²) in [6.45, 7) is 4.42. The lowest BCUT2D eigenvalue weighted by atomic mass is 10.1. The highest BCUT2D eigenvalue weighted by molar-refractivity contribution is 5.84. The van der Waals surface area contributed by atoms with Crippen molar-refractivity contribution in [3.05, 3.63) is 77.2 Å². The highest BCUT2D eigenvalue weighted by Gasteiger charge is 2.27. The number of aromatic amines is 1. The van der Waals surface area contributed by atoms with E-state index >= 15 is 0 Å². The average Bonchev–Trinajstić information content (AvgIpc) is 3.39. The van der Waals surface area contributed by atoms with Gasteiger partial charge in [0.2, 0.25) is 5.91 Å². The van der Waals surface area contributed by atoms with Gasteiger partial charge in [0.1, 0.15) is 11.9 Å². The zero-order chi connectivity index (χ0) is 22.1. The maximum absolute atomic E-state index is 12.5. The Labute approximate surface area is 187 Å². The zero-order valence-corrected chi connectivity index (χ0v) is 18.3. The summed E-state index contributed by atoms with van der Waals surface area (Å²) in [5.74, 6) is 1.55. The fourth-order valence-electron chi connectivity index (χ4n) is 4.38. The van der Waals surface area contributed by atoms with Crippen molar-refractivity contribution in [2.45, 2.75) is 39.2 Å². The number of hydrogen-bond acceptors (Lipinski definition) is 4. The average molecular weight is 427 g/mol. The van der Waals surface area contributed by atoms with E-state index in [0.29, 0.717) is 25.2 Å². The lowest BCUT2D eigenvalue weighted by molar-refractivity contribution is -0.121. The van der Waals surface area contributed by atoms with Crippen molar-refractivity contribution in [2.75, 3.05) is 6.54 Å². The van der Waals surface area contributed by atoms with Crippen molar-refractivity contribution in [1.82, 2.24) is 20.3 Å². The monoisotopic (exact) mass is 426 g/mol. The van der Waals surface area contributed by atoms with E-state index in [1.165, 1.54) is 10.9 Å². The Morgan fingerprint density at radius 1 is 1.12 bits per heavy atom. The van der Waals surface area contributed by atoms with E-state index in [9.17, 15) is 4.79 Å². The molecule has 1 atom stereocenters. The van der Waals surface area contributed by atoms with Crippen LogP contribution in [0.25, 0.3) is 22.3 Å². The Kier molecular flexibility index (Phi) is 5.35. The van der Waals surface area contributed by atoms with Gasteiger partial charge in [0.05, 0.1) is 12.1 Å². The molecule has 0 radical (unpaired) electrons. The van der Waals surface area contributed by atoms with Crippen LogP contribution in [0.15, 0.2) is 54.7 Å². The molecule has 1 amide bonds. The number of rotatable bonds is 6. The predicted molar refractivity (Wildman–Crippen MR) is 125 cm³/mol. The zero-order valence-electron chi connectivity index (χ0n) is 18.3. The van der Waals surface area contributed by atoms with E-state index < -0.39 is 0 Å². The third-order valence-electron chi connectivity index (χ3n) is 5.88. The van der Waals surface area contributed by atoms with E-state index in [2.05, 4.69) is 32.4 Å². The van der Waals surface area contributed by atoms with Crippen LogP contribution in [0.4, 0.5) is 0 Å². The summed E-state index contributed by atoms with van der Waals surface area (Å²) in [4.78, 5) is 24.9. The number of carbonyl (C=O) groups excluding carboxylic acids is 1. The first kappa shape index (κ1) is 20.2. The Hall–Kier alpha value is -3.67. The Balaban J connectivity index is 1.20. The number of para-hydroxylation sites is 2. The first-order chi connectivity index (χ1) is 15.6. The SMILES string of the molecule is Cc1cc(C)nc(-c2cccc3c2OC(CNC(=O)CCc2c[nH]c4ccccc24)C3)n1. The molecule has 2 aromatic heterocycles. The molecule has 0 spiro atoms. The number of nitrogens with one attached hydrogen (secondary N) is 2. The molecule has 0 saturated carbocycles. The van der Waals surface area contributed by atoms with Gasteiger partial charge in [-0.3, -0.25) is 4.79 Å². The van der Waals surface area contributed by atoms with E-state index in [-0.39, 0.29) is 12.0 Å². The summed E-state index contributed by atoms with van der Waals surface area (Å²) < 4.78 is 6.23. The van der Waals surface area contributed by atoms with E-state index in [4.69, 9.17) is 4.74 Å². The van der Waals surface area contributed by atoms with Crippen LogP contribution in [0, 0.1) is 13.8 Å². The molecule has 6 heteroatoms. The van der Waals surface area contributed by atoms with Crippen LogP contribution in [-0.2, 0) is 17.6 Å². The lowest BCUT2D eigenvalue weighted by Crippen LogP contribution is -2.34. The quantitative estimate of drug-likeness (QED) is 0.482. The lowest BCUT2D eigenvalue weighted by Gasteiger charge is -2.13. The van der Waals surface area contributed by atoms with Gasteiger partial charge in [-0.25, -0.2) is 9.97 Å². The van der Waals surface area contributed by atoms with Crippen LogP contribution in [0.3, 0.4) is 0 Å². The maximum atomic E-state index is 12.5. The van der Waals surface area contributed by atoms with E-state index in [0.717, 1.165) is 40.2 Å². The Morgan fingerprint density at radius 3 is 2.78 bits per heavy atom. The summed E-state index contributed by atoms with van der Waals surface area (Å²) in [7, 11) is 0. The third-order valence-corrected chi connectivity index (χ3v) is 5.88. The molecular weight excluding hydrogens is 400 g/mol. The second-order valence-corrected chi connectivity index (χ2v) is 8.38. The number of benzene rings is 2. The topological polar surface area (TPSA) is 79.9 Å². The van der Waals surface area contributed by atoms with Crippen molar-refractivity contribution >= 4 is 16.8 Å². The Bertz CT molecular complexity index is 1270. The molecule has 3 heterocycles. The number of amides is 1. The van der Waals surface area contributed by atoms with Crippen LogP contribution >= 0.6 is 0 Å². The molecule has 5 rings (SSSR count). The molecule has 4 aromatic rings. The van der Waals surface area contributed by atoms with Crippen molar-refractivity contribution in [3.8, 4) is 17.1 Å². The third kappa shape index (κ3) is 4.08. The van der Waals surface area contributed by atoms with Gasteiger partial charge < -0.3 is 15.0 Å². The largest absolute Gasteiger partial charge is 0.487 e. The minimum absolute atomic E-state index is 0.0349. The van der Waals surface area contributed by atoms with Gasteiger partial charge in [0.15, 0.2) is 5.82 Å². The molecule has 2 aromatic carbocycles. The number of ether oxygens (including phenoxy) is 1. The van der Waals surface area contributed by atoms with Crippen molar-refractivity contribution in [2.24, 2.45) is 0 Å². The maximum Gasteiger partial charge on any atom is 0.220 e. The van der Waals surface area contributed by atoms with Gasteiger partial charge in [0, 0.05) is 41.3 Å². The number of hydrogen-bond donors (Lipinski definition) is 2.